The molecule has 0 spiro atoms. The highest BCUT2D eigenvalue weighted by Crippen LogP contribution is 2.15. The molecular weight excluding hydrogens is 235 g/mol. The van der Waals surface area contributed by atoms with Crippen LogP contribution in [0.5, 0.6) is 0 Å². The van der Waals surface area contributed by atoms with Crippen LogP contribution in [0.2, 0.25) is 0 Å². The molecule has 4 heteroatoms. The van der Waals surface area contributed by atoms with Crippen molar-refractivity contribution in [3.8, 4) is 0 Å². The molecule has 0 aromatic carbocycles. The van der Waals surface area contributed by atoms with Crippen LogP contribution in [-0.2, 0) is 7.86 Å². The first kappa shape index (κ1) is 8.74. The molecule has 9 heavy (non-hydrogen) atoms. The van der Waals surface area contributed by atoms with Crippen molar-refractivity contribution < 1.29 is 13.0 Å². The fraction of sp³-hybridized carbons (Fsp3) is 0.400. The summed E-state index contributed by atoms with van der Waals surface area (Å²) in [6, 6.07) is 0. The minimum Gasteiger partial charge on any atom is -0.478 e. The van der Waals surface area contributed by atoms with Gasteiger partial charge in [0, 0.05) is 9.15 Å². The van der Waals surface area contributed by atoms with Gasteiger partial charge in [0.25, 0.3) is 0 Å². The summed E-state index contributed by atoms with van der Waals surface area (Å²) in [6.07, 6.45) is 0. The lowest BCUT2D eigenvalue weighted by molar-refractivity contribution is -0.132. The highest BCUT2D eigenvalue weighted by Gasteiger charge is 2.03. The topological polar surface area (TPSA) is 54.4 Å². The van der Waals surface area contributed by atoms with Crippen LogP contribution in [0.25, 0.3) is 0 Å². The van der Waals surface area contributed by atoms with E-state index in [9.17, 15) is 7.86 Å². The second kappa shape index (κ2) is 3.71. The first-order valence-corrected chi connectivity index (χ1v) is 4.23. The van der Waals surface area contributed by atoms with Crippen molar-refractivity contribution in [2.24, 2.45) is 0 Å². The van der Waals surface area contributed by atoms with Crippen LogP contribution in [0.1, 0.15) is 13.8 Å². The van der Waals surface area contributed by atoms with Crippen LogP contribution in [0.4, 0.5) is 0 Å². The summed E-state index contributed by atoms with van der Waals surface area (Å²) in [5.74, 6) is -0.983. The summed E-state index contributed by atoms with van der Waals surface area (Å²) >= 11 is -1.28. The minimum absolute atomic E-state index is 0.206. The SMILES string of the molecule is C/C(I=O)=C(\C)C(=O)O. The Kier molecular flexibility index (Phi) is 3.60. The Morgan fingerprint density at radius 3 is 2.00 bits per heavy atom. The van der Waals surface area contributed by atoms with Crippen molar-refractivity contribution in [2.75, 3.05) is 0 Å². The monoisotopic (exact) mass is 242 g/mol. The second-order valence-corrected chi connectivity index (χ2v) is 3.60. The van der Waals surface area contributed by atoms with Gasteiger partial charge in [0.15, 0.2) is 21.2 Å². The van der Waals surface area contributed by atoms with Gasteiger partial charge in [0.2, 0.25) is 0 Å². The molecule has 3 nitrogen and oxygen atoms in total. The lowest BCUT2D eigenvalue weighted by Crippen LogP contribution is -1.96. The van der Waals surface area contributed by atoms with Gasteiger partial charge in [-0.05, 0) is 13.8 Å². The van der Waals surface area contributed by atoms with Crippen molar-refractivity contribution >= 4 is 27.2 Å². The molecule has 0 aromatic rings. The Balaban J connectivity index is 4.47. The zero-order chi connectivity index (χ0) is 7.44. The Hall–Kier alpha value is -0.260. The molecular formula is C5H7IO3. The molecule has 0 aliphatic rings. The molecule has 0 fully saturated rings. The predicted octanol–water partition coefficient (Wildman–Crippen LogP) is 1.68. The van der Waals surface area contributed by atoms with Crippen molar-refractivity contribution in [3.05, 3.63) is 9.15 Å². The second-order valence-electron chi connectivity index (χ2n) is 1.54. The Morgan fingerprint density at radius 2 is 1.89 bits per heavy atom. The predicted molar refractivity (Wildman–Crippen MR) is 40.7 cm³/mol. The number of carboxylic acids is 1. The molecule has 0 saturated heterocycles. The van der Waals surface area contributed by atoms with Crippen LogP contribution in [0.3, 0.4) is 0 Å². The zero-order valence-electron chi connectivity index (χ0n) is 5.14. The van der Waals surface area contributed by atoms with E-state index < -0.39 is 27.2 Å². The summed E-state index contributed by atoms with van der Waals surface area (Å²) in [7, 11) is 0. The average Bonchev–Trinajstić information content (AvgIpc) is 1.84. The standard InChI is InChI=1S/C5H7IO3/c1-3(5(7)8)4(2)6-9/h1-2H3,(H,7,8)/b4-3-. The third kappa shape index (κ3) is 2.69. The third-order valence-electron chi connectivity index (χ3n) is 0.953. The van der Waals surface area contributed by atoms with E-state index in [0.29, 0.717) is 3.58 Å². The van der Waals surface area contributed by atoms with Crippen LogP contribution in [-0.4, -0.2) is 11.1 Å². The van der Waals surface area contributed by atoms with Crippen LogP contribution < -0.4 is 0 Å². The number of allylic oxidation sites excluding steroid dienone is 1. The van der Waals surface area contributed by atoms with Gasteiger partial charge < -0.3 is 5.11 Å². The van der Waals surface area contributed by atoms with Gasteiger partial charge in [0.05, 0.1) is 0 Å². The van der Waals surface area contributed by atoms with Crippen molar-refractivity contribution in [2.45, 2.75) is 13.8 Å². The number of hydrogen-bond donors (Lipinski definition) is 1. The number of hydrogen-bond acceptors (Lipinski definition) is 2. The van der Waals surface area contributed by atoms with E-state index in [1.54, 1.807) is 6.92 Å². The summed E-state index contributed by atoms with van der Waals surface area (Å²) < 4.78 is 10.7. The highest BCUT2D eigenvalue weighted by molar-refractivity contribution is 14.2. The Bertz CT molecular complexity index is 171. The molecule has 0 unspecified atom stereocenters. The van der Waals surface area contributed by atoms with Crippen LogP contribution in [0, 0.1) is 0 Å². The van der Waals surface area contributed by atoms with Gasteiger partial charge in [0.1, 0.15) is 0 Å². The van der Waals surface area contributed by atoms with E-state index in [1.807, 2.05) is 0 Å². The van der Waals surface area contributed by atoms with Gasteiger partial charge >= 0.3 is 5.97 Å². The molecule has 0 aromatic heterocycles. The number of aliphatic carboxylic acids is 1. The molecule has 0 aliphatic heterocycles. The van der Waals surface area contributed by atoms with E-state index in [4.69, 9.17) is 5.11 Å². The number of carboxylic acid groups (broad SMARTS) is 1. The molecule has 0 amide bonds. The maximum absolute atomic E-state index is 10.2. The van der Waals surface area contributed by atoms with Crippen LogP contribution in [0.15, 0.2) is 9.15 Å². The third-order valence-corrected chi connectivity index (χ3v) is 2.42. The smallest absolute Gasteiger partial charge is 0.332 e. The average molecular weight is 242 g/mol. The molecule has 52 valence electrons. The maximum Gasteiger partial charge on any atom is 0.332 e. The largest absolute Gasteiger partial charge is 0.478 e. The fourth-order valence-electron chi connectivity index (χ4n) is 0.205. The normalized spacial score (nSPS) is 12.7. The molecule has 0 heterocycles. The fourth-order valence-corrected chi connectivity index (χ4v) is 0.766. The van der Waals surface area contributed by atoms with Gasteiger partial charge in [-0.1, -0.05) is 0 Å². The molecule has 0 rings (SSSR count). The number of carbonyl (C=O) groups is 1. The first-order valence-electron chi connectivity index (χ1n) is 2.27. The highest BCUT2D eigenvalue weighted by atomic mass is 127. The van der Waals surface area contributed by atoms with Gasteiger partial charge in [-0.2, -0.15) is 0 Å². The molecule has 1 N–H and O–H groups in total. The molecule has 0 aliphatic carbocycles. The zero-order valence-corrected chi connectivity index (χ0v) is 7.30. The molecule has 0 atom stereocenters. The van der Waals surface area contributed by atoms with E-state index >= 15 is 0 Å². The maximum atomic E-state index is 10.2. The number of halogens is 1. The first-order chi connectivity index (χ1) is 4.09. The molecule has 0 saturated carbocycles. The summed E-state index contributed by atoms with van der Waals surface area (Å²) in [6.45, 7) is 3.03. The van der Waals surface area contributed by atoms with Crippen LogP contribution >= 0.6 is 21.2 Å². The Labute approximate surface area is 63.4 Å². The summed E-state index contributed by atoms with van der Waals surface area (Å²) in [5.41, 5.74) is 0.206. The quantitative estimate of drug-likeness (QED) is 0.592. The van der Waals surface area contributed by atoms with Crippen molar-refractivity contribution in [3.63, 3.8) is 0 Å². The van der Waals surface area contributed by atoms with Gasteiger partial charge in [-0.3, -0.25) is 3.07 Å². The van der Waals surface area contributed by atoms with Crippen molar-refractivity contribution in [1.82, 2.24) is 0 Å². The number of rotatable bonds is 2. The van der Waals surface area contributed by atoms with E-state index in [1.165, 1.54) is 6.92 Å². The lowest BCUT2D eigenvalue weighted by atomic mass is 10.3. The summed E-state index contributed by atoms with van der Waals surface area (Å²) in [5, 5.41) is 8.30. The van der Waals surface area contributed by atoms with E-state index in [0.717, 1.165) is 0 Å². The van der Waals surface area contributed by atoms with Gasteiger partial charge in [-0.25, -0.2) is 4.79 Å². The van der Waals surface area contributed by atoms with E-state index in [-0.39, 0.29) is 5.57 Å². The molecule has 0 bridgehead atoms. The lowest BCUT2D eigenvalue weighted by Gasteiger charge is -1.90. The van der Waals surface area contributed by atoms with Crippen molar-refractivity contribution in [1.29, 1.82) is 0 Å². The van der Waals surface area contributed by atoms with Gasteiger partial charge in [-0.15, -0.1) is 0 Å². The van der Waals surface area contributed by atoms with E-state index in [2.05, 4.69) is 0 Å². The Morgan fingerprint density at radius 1 is 1.44 bits per heavy atom. The minimum atomic E-state index is -1.28. The molecule has 0 radical (unpaired) electrons. The summed E-state index contributed by atoms with van der Waals surface area (Å²) in [4.78, 5) is 10.1.